The molecule has 0 atom stereocenters. The lowest BCUT2D eigenvalue weighted by molar-refractivity contribution is -0.136. The summed E-state index contributed by atoms with van der Waals surface area (Å²) in [7, 11) is 0. The summed E-state index contributed by atoms with van der Waals surface area (Å²) in [5, 5.41) is 21.8. The quantitative estimate of drug-likeness (QED) is 0.635. The van der Waals surface area contributed by atoms with E-state index in [1.54, 1.807) is 18.2 Å². The topological polar surface area (TPSA) is 95.3 Å². The third-order valence-electron chi connectivity index (χ3n) is 3.20. The van der Waals surface area contributed by atoms with Gasteiger partial charge < -0.3 is 15.5 Å². The number of phenols is 1. The van der Waals surface area contributed by atoms with Crippen LogP contribution in [0.15, 0.2) is 42.5 Å². The third kappa shape index (κ3) is 3.32. The molecule has 7 heteroatoms. The Bertz CT molecular complexity index is 899. The van der Waals surface area contributed by atoms with Crippen molar-refractivity contribution in [2.75, 3.05) is 5.32 Å². The van der Waals surface area contributed by atoms with Gasteiger partial charge in [0.15, 0.2) is 11.0 Å². The summed E-state index contributed by atoms with van der Waals surface area (Å²) in [6.07, 6.45) is -0.147. The fourth-order valence-electron chi connectivity index (χ4n) is 2.15. The number of nitrogens with zero attached hydrogens (tertiary/aromatic N) is 2. The van der Waals surface area contributed by atoms with E-state index < -0.39 is 5.97 Å². The Hall–Kier alpha value is -2.86. The first-order chi connectivity index (χ1) is 11.0. The van der Waals surface area contributed by atoms with Crippen LogP contribution in [0.3, 0.4) is 0 Å². The molecule has 0 radical (unpaired) electrons. The zero-order valence-electron chi connectivity index (χ0n) is 11.8. The summed E-state index contributed by atoms with van der Waals surface area (Å²) in [6, 6.07) is 11.8. The van der Waals surface area contributed by atoms with Crippen molar-refractivity contribution >= 4 is 40.1 Å². The molecular formula is C16H12ClN3O3. The zero-order valence-corrected chi connectivity index (χ0v) is 12.6. The van der Waals surface area contributed by atoms with Crippen LogP contribution in [0, 0.1) is 0 Å². The third-order valence-corrected chi connectivity index (χ3v) is 3.46. The van der Waals surface area contributed by atoms with Gasteiger partial charge in [-0.25, -0.2) is 9.97 Å². The van der Waals surface area contributed by atoms with E-state index in [0.29, 0.717) is 22.3 Å². The van der Waals surface area contributed by atoms with Crippen molar-refractivity contribution < 1.29 is 15.0 Å². The van der Waals surface area contributed by atoms with Gasteiger partial charge in [-0.3, -0.25) is 4.79 Å². The maximum absolute atomic E-state index is 10.8. The molecule has 0 aliphatic heterocycles. The average Bonchev–Trinajstić information content (AvgIpc) is 2.51. The fraction of sp³-hybridized carbons (Fsp3) is 0.0625. The molecule has 3 rings (SSSR count). The summed E-state index contributed by atoms with van der Waals surface area (Å²) in [5.41, 5.74) is 2.17. The van der Waals surface area contributed by atoms with Crippen LogP contribution >= 0.6 is 11.6 Å². The van der Waals surface area contributed by atoms with Crippen molar-refractivity contribution in [1.82, 2.24) is 9.97 Å². The highest BCUT2D eigenvalue weighted by Gasteiger charge is 2.11. The Morgan fingerprint density at radius 1 is 1.13 bits per heavy atom. The number of anilines is 2. The van der Waals surface area contributed by atoms with Crippen molar-refractivity contribution in [3.8, 4) is 5.75 Å². The maximum Gasteiger partial charge on any atom is 0.307 e. The van der Waals surface area contributed by atoms with Crippen molar-refractivity contribution in [3.63, 3.8) is 0 Å². The van der Waals surface area contributed by atoms with Crippen LogP contribution in [-0.2, 0) is 11.2 Å². The van der Waals surface area contributed by atoms with E-state index in [-0.39, 0.29) is 23.1 Å². The van der Waals surface area contributed by atoms with E-state index in [1.807, 2.05) is 12.1 Å². The molecule has 23 heavy (non-hydrogen) atoms. The largest absolute Gasteiger partial charge is 0.506 e. The predicted octanol–water partition coefficient (Wildman–Crippen LogP) is 3.36. The van der Waals surface area contributed by atoms with Crippen LogP contribution in [-0.4, -0.2) is 26.2 Å². The number of hydrogen-bond donors (Lipinski definition) is 3. The number of nitrogens with one attached hydrogen (secondary N) is 1. The van der Waals surface area contributed by atoms with Crippen LogP contribution in [0.4, 0.5) is 11.5 Å². The van der Waals surface area contributed by atoms with Crippen molar-refractivity contribution in [1.29, 1.82) is 0 Å². The minimum Gasteiger partial charge on any atom is -0.506 e. The SMILES string of the molecule is O=C(O)Cc1ccc(O)c(Nc2nc3ccccc3nc2Cl)c1. The first kappa shape index (κ1) is 15.1. The Morgan fingerprint density at radius 2 is 1.83 bits per heavy atom. The number of halogens is 1. The number of carboxylic acid groups (broad SMARTS) is 1. The molecular weight excluding hydrogens is 318 g/mol. The molecule has 0 saturated carbocycles. The zero-order chi connectivity index (χ0) is 16.4. The van der Waals surface area contributed by atoms with Gasteiger partial charge in [-0.2, -0.15) is 0 Å². The van der Waals surface area contributed by atoms with Crippen LogP contribution in [0.1, 0.15) is 5.56 Å². The molecule has 6 nitrogen and oxygen atoms in total. The number of hydrogen-bond acceptors (Lipinski definition) is 5. The van der Waals surface area contributed by atoms with Gasteiger partial charge in [0.1, 0.15) is 5.75 Å². The van der Waals surface area contributed by atoms with Gasteiger partial charge >= 0.3 is 5.97 Å². The van der Waals surface area contributed by atoms with Gasteiger partial charge in [0.2, 0.25) is 0 Å². The van der Waals surface area contributed by atoms with E-state index in [1.165, 1.54) is 12.1 Å². The number of benzene rings is 2. The van der Waals surface area contributed by atoms with Gasteiger partial charge in [-0.15, -0.1) is 0 Å². The first-order valence-corrected chi connectivity index (χ1v) is 7.14. The predicted molar refractivity (Wildman–Crippen MR) is 87.3 cm³/mol. The number of para-hydroxylation sites is 2. The van der Waals surface area contributed by atoms with Crippen molar-refractivity contribution in [2.24, 2.45) is 0 Å². The normalized spacial score (nSPS) is 10.7. The smallest absolute Gasteiger partial charge is 0.307 e. The molecule has 0 aliphatic carbocycles. The lowest BCUT2D eigenvalue weighted by Crippen LogP contribution is -2.02. The summed E-state index contributed by atoms with van der Waals surface area (Å²) in [4.78, 5) is 19.4. The molecule has 1 aromatic heterocycles. The van der Waals surface area contributed by atoms with Gasteiger partial charge in [0.05, 0.1) is 23.1 Å². The molecule has 0 saturated heterocycles. The maximum atomic E-state index is 10.8. The summed E-state index contributed by atoms with van der Waals surface area (Å²) >= 11 is 6.12. The first-order valence-electron chi connectivity index (χ1n) is 6.76. The van der Waals surface area contributed by atoms with Crippen molar-refractivity contribution in [2.45, 2.75) is 6.42 Å². The molecule has 0 bridgehead atoms. The second-order valence-corrected chi connectivity index (χ2v) is 5.26. The second kappa shape index (κ2) is 6.10. The number of aromatic nitrogens is 2. The highest BCUT2D eigenvalue weighted by molar-refractivity contribution is 6.32. The number of rotatable bonds is 4. The van der Waals surface area contributed by atoms with Crippen LogP contribution < -0.4 is 5.32 Å². The summed E-state index contributed by atoms with van der Waals surface area (Å²) < 4.78 is 0. The van der Waals surface area contributed by atoms with Crippen LogP contribution in [0.25, 0.3) is 11.0 Å². The van der Waals surface area contributed by atoms with Crippen molar-refractivity contribution in [3.05, 3.63) is 53.2 Å². The van der Waals surface area contributed by atoms with Gasteiger partial charge in [-0.05, 0) is 29.8 Å². The van der Waals surface area contributed by atoms with Gasteiger partial charge in [-0.1, -0.05) is 29.8 Å². The molecule has 0 unspecified atom stereocenters. The van der Waals surface area contributed by atoms with E-state index in [2.05, 4.69) is 15.3 Å². The lowest BCUT2D eigenvalue weighted by Gasteiger charge is -2.11. The number of phenolic OH excluding ortho intramolecular Hbond substituents is 1. The minimum absolute atomic E-state index is 0.0369. The minimum atomic E-state index is -0.954. The highest BCUT2D eigenvalue weighted by atomic mass is 35.5. The van der Waals surface area contributed by atoms with Gasteiger partial charge in [0.25, 0.3) is 0 Å². The fourth-order valence-corrected chi connectivity index (χ4v) is 2.33. The molecule has 0 amide bonds. The molecule has 2 aromatic carbocycles. The van der Waals surface area contributed by atoms with Crippen LogP contribution in [0.5, 0.6) is 5.75 Å². The van der Waals surface area contributed by atoms with E-state index in [9.17, 15) is 9.90 Å². The number of aromatic hydroxyl groups is 1. The van der Waals surface area contributed by atoms with Gasteiger partial charge in [0, 0.05) is 0 Å². The second-order valence-electron chi connectivity index (χ2n) is 4.90. The molecule has 3 aromatic rings. The monoisotopic (exact) mass is 329 g/mol. The molecule has 1 heterocycles. The Kier molecular flexibility index (Phi) is 3.99. The number of carbonyl (C=O) groups is 1. The van der Waals surface area contributed by atoms with E-state index >= 15 is 0 Å². The lowest BCUT2D eigenvalue weighted by atomic mass is 10.1. The number of aliphatic carboxylic acids is 1. The molecule has 0 fully saturated rings. The number of fused-ring (bicyclic) bond motifs is 1. The standard InChI is InChI=1S/C16H12ClN3O3/c17-15-16(19-11-4-2-1-3-10(11)18-15)20-12-7-9(8-14(22)23)5-6-13(12)21/h1-7,21H,8H2,(H,19,20)(H,22,23). The van der Waals surface area contributed by atoms with E-state index in [0.717, 1.165) is 0 Å². The summed E-state index contributed by atoms with van der Waals surface area (Å²) in [6.45, 7) is 0. The average molecular weight is 330 g/mol. The van der Waals surface area contributed by atoms with E-state index in [4.69, 9.17) is 16.7 Å². The Labute approximate surface area is 136 Å². The Balaban J connectivity index is 1.98. The molecule has 116 valence electrons. The summed E-state index contributed by atoms with van der Waals surface area (Å²) in [5.74, 6) is -0.705. The number of carboxylic acids is 1. The van der Waals surface area contributed by atoms with Crippen LogP contribution in [0.2, 0.25) is 5.15 Å². The molecule has 3 N–H and O–H groups in total. The molecule has 0 spiro atoms. The highest BCUT2D eigenvalue weighted by Crippen LogP contribution is 2.30. The molecule has 0 aliphatic rings. The Morgan fingerprint density at radius 3 is 2.52 bits per heavy atom.